The first kappa shape index (κ1) is 12.5. The van der Waals surface area contributed by atoms with Gasteiger partial charge in [-0.15, -0.1) is 11.6 Å². The number of hydrogen-bond donors (Lipinski definition) is 0. The van der Waals surface area contributed by atoms with Crippen molar-refractivity contribution < 1.29 is 0 Å². The SMILES string of the molecule is CC(C)C(CCl)Cc1ncnn1C(C)C. The van der Waals surface area contributed by atoms with E-state index in [0.717, 1.165) is 12.2 Å². The lowest BCUT2D eigenvalue weighted by Gasteiger charge is -2.18. The maximum Gasteiger partial charge on any atom is 0.138 e. The molecule has 1 aromatic rings. The van der Waals surface area contributed by atoms with E-state index in [0.29, 0.717) is 23.8 Å². The maximum atomic E-state index is 5.95. The van der Waals surface area contributed by atoms with E-state index in [9.17, 15) is 0 Å². The van der Waals surface area contributed by atoms with Crippen molar-refractivity contribution in [2.75, 3.05) is 5.88 Å². The van der Waals surface area contributed by atoms with E-state index in [1.165, 1.54) is 0 Å². The molecular formula is C11H20ClN3. The third-order valence-electron chi connectivity index (χ3n) is 2.72. The second kappa shape index (κ2) is 5.50. The fourth-order valence-corrected chi connectivity index (χ4v) is 2.02. The Morgan fingerprint density at radius 1 is 1.33 bits per heavy atom. The van der Waals surface area contributed by atoms with Crippen LogP contribution in [0.25, 0.3) is 0 Å². The van der Waals surface area contributed by atoms with Crippen LogP contribution in [0, 0.1) is 11.8 Å². The van der Waals surface area contributed by atoms with Crippen molar-refractivity contribution in [3.05, 3.63) is 12.2 Å². The number of halogens is 1. The molecule has 0 saturated carbocycles. The summed E-state index contributed by atoms with van der Waals surface area (Å²) < 4.78 is 1.97. The van der Waals surface area contributed by atoms with Crippen LogP contribution < -0.4 is 0 Å². The van der Waals surface area contributed by atoms with Crippen LogP contribution in [0.2, 0.25) is 0 Å². The quantitative estimate of drug-likeness (QED) is 0.727. The lowest BCUT2D eigenvalue weighted by molar-refractivity contribution is 0.394. The molecule has 15 heavy (non-hydrogen) atoms. The average Bonchev–Trinajstić information content (AvgIpc) is 2.61. The van der Waals surface area contributed by atoms with Gasteiger partial charge in [0, 0.05) is 18.3 Å². The summed E-state index contributed by atoms with van der Waals surface area (Å²) in [6.45, 7) is 8.62. The van der Waals surface area contributed by atoms with Crippen LogP contribution in [-0.4, -0.2) is 20.6 Å². The molecule has 0 fully saturated rings. The summed E-state index contributed by atoms with van der Waals surface area (Å²) in [6, 6.07) is 0.366. The number of alkyl halides is 1. The summed E-state index contributed by atoms with van der Waals surface area (Å²) >= 11 is 5.95. The Morgan fingerprint density at radius 3 is 2.47 bits per heavy atom. The summed E-state index contributed by atoms with van der Waals surface area (Å²) in [5.41, 5.74) is 0. The van der Waals surface area contributed by atoms with Crippen LogP contribution >= 0.6 is 11.6 Å². The molecule has 0 saturated heterocycles. The zero-order valence-electron chi connectivity index (χ0n) is 9.94. The van der Waals surface area contributed by atoms with Gasteiger partial charge in [0.2, 0.25) is 0 Å². The van der Waals surface area contributed by atoms with Crippen molar-refractivity contribution in [1.29, 1.82) is 0 Å². The molecule has 0 bridgehead atoms. The minimum absolute atomic E-state index is 0.366. The van der Waals surface area contributed by atoms with Gasteiger partial charge in [-0.25, -0.2) is 9.67 Å². The van der Waals surface area contributed by atoms with Crippen LogP contribution in [0.4, 0.5) is 0 Å². The zero-order chi connectivity index (χ0) is 11.4. The number of hydrogen-bond acceptors (Lipinski definition) is 2. The van der Waals surface area contributed by atoms with E-state index in [-0.39, 0.29) is 0 Å². The van der Waals surface area contributed by atoms with Gasteiger partial charge in [0.1, 0.15) is 12.2 Å². The normalized spacial score (nSPS) is 13.8. The zero-order valence-corrected chi connectivity index (χ0v) is 10.7. The molecular weight excluding hydrogens is 210 g/mol. The molecule has 0 N–H and O–H groups in total. The molecule has 1 rings (SSSR count). The fraction of sp³-hybridized carbons (Fsp3) is 0.818. The largest absolute Gasteiger partial charge is 0.248 e. The van der Waals surface area contributed by atoms with Gasteiger partial charge in [-0.3, -0.25) is 0 Å². The Morgan fingerprint density at radius 2 is 2.00 bits per heavy atom. The van der Waals surface area contributed by atoms with E-state index >= 15 is 0 Å². The molecule has 0 amide bonds. The average molecular weight is 230 g/mol. The maximum absolute atomic E-state index is 5.95. The molecule has 86 valence electrons. The Hall–Kier alpha value is -0.570. The van der Waals surface area contributed by atoms with E-state index in [4.69, 9.17) is 11.6 Å². The highest BCUT2D eigenvalue weighted by molar-refractivity contribution is 6.18. The third-order valence-corrected chi connectivity index (χ3v) is 3.12. The number of aromatic nitrogens is 3. The molecule has 0 spiro atoms. The van der Waals surface area contributed by atoms with Gasteiger partial charge in [0.15, 0.2) is 0 Å². The molecule has 1 aromatic heterocycles. The summed E-state index contributed by atoms with van der Waals surface area (Å²) in [5.74, 6) is 2.79. The van der Waals surface area contributed by atoms with Crippen molar-refractivity contribution in [3.63, 3.8) is 0 Å². The Labute approximate surface area is 96.8 Å². The van der Waals surface area contributed by atoms with Crippen LogP contribution in [0.5, 0.6) is 0 Å². The standard InChI is InChI=1S/C11H20ClN3/c1-8(2)10(6-12)5-11-13-7-14-15(11)9(3)4/h7-10H,5-6H2,1-4H3. The van der Waals surface area contributed by atoms with E-state index < -0.39 is 0 Å². The second-order valence-electron chi connectivity index (χ2n) is 4.58. The Bertz CT molecular complexity index is 294. The van der Waals surface area contributed by atoms with Crippen molar-refractivity contribution in [3.8, 4) is 0 Å². The Kier molecular flexibility index (Phi) is 4.58. The van der Waals surface area contributed by atoms with Gasteiger partial charge in [-0.05, 0) is 25.7 Å². The van der Waals surface area contributed by atoms with Gasteiger partial charge in [-0.1, -0.05) is 13.8 Å². The molecule has 4 heteroatoms. The predicted molar refractivity (Wildman–Crippen MR) is 63.2 cm³/mol. The van der Waals surface area contributed by atoms with E-state index in [1.807, 2.05) is 4.68 Å². The Balaban J connectivity index is 2.74. The van der Waals surface area contributed by atoms with Crippen molar-refractivity contribution in [1.82, 2.24) is 14.8 Å². The highest BCUT2D eigenvalue weighted by atomic mass is 35.5. The van der Waals surface area contributed by atoms with Crippen LogP contribution in [0.1, 0.15) is 39.6 Å². The number of rotatable bonds is 5. The molecule has 3 nitrogen and oxygen atoms in total. The van der Waals surface area contributed by atoms with Crippen LogP contribution in [-0.2, 0) is 6.42 Å². The smallest absolute Gasteiger partial charge is 0.138 e. The first-order valence-electron chi connectivity index (χ1n) is 5.50. The van der Waals surface area contributed by atoms with Gasteiger partial charge < -0.3 is 0 Å². The fourth-order valence-electron chi connectivity index (χ4n) is 1.55. The summed E-state index contributed by atoms with van der Waals surface area (Å²) in [5, 5.41) is 4.22. The van der Waals surface area contributed by atoms with Crippen molar-refractivity contribution in [2.45, 2.75) is 40.2 Å². The summed E-state index contributed by atoms with van der Waals surface area (Å²) in [6.07, 6.45) is 2.54. The molecule has 0 radical (unpaired) electrons. The minimum atomic E-state index is 0.366. The molecule has 0 aliphatic carbocycles. The number of nitrogens with zero attached hydrogens (tertiary/aromatic N) is 3. The lowest BCUT2D eigenvalue weighted by Crippen LogP contribution is -2.18. The van der Waals surface area contributed by atoms with Crippen LogP contribution in [0.15, 0.2) is 6.33 Å². The predicted octanol–water partition coefficient (Wildman–Crippen LogP) is 2.91. The van der Waals surface area contributed by atoms with Crippen LogP contribution in [0.3, 0.4) is 0 Å². The molecule has 1 unspecified atom stereocenters. The van der Waals surface area contributed by atoms with Gasteiger partial charge >= 0.3 is 0 Å². The molecule has 0 aliphatic heterocycles. The van der Waals surface area contributed by atoms with Crippen molar-refractivity contribution in [2.24, 2.45) is 11.8 Å². The van der Waals surface area contributed by atoms with Gasteiger partial charge in [0.05, 0.1) is 0 Å². The first-order valence-corrected chi connectivity index (χ1v) is 6.04. The first-order chi connectivity index (χ1) is 7.06. The molecule has 1 heterocycles. The van der Waals surface area contributed by atoms with Gasteiger partial charge in [0.25, 0.3) is 0 Å². The molecule has 0 aliphatic rings. The topological polar surface area (TPSA) is 30.7 Å². The van der Waals surface area contributed by atoms with Gasteiger partial charge in [-0.2, -0.15) is 5.10 Å². The summed E-state index contributed by atoms with van der Waals surface area (Å²) in [4.78, 5) is 4.30. The second-order valence-corrected chi connectivity index (χ2v) is 4.89. The monoisotopic (exact) mass is 229 g/mol. The highest BCUT2D eigenvalue weighted by Crippen LogP contribution is 2.18. The summed E-state index contributed by atoms with van der Waals surface area (Å²) in [7, 11) is 0. The third kappa shape index (κ3) is 3.20. The van der Waals surface area contributed by atoms with E-state index in [2.05, 4.69) is 37.8 Å². The molecule has 1 atom stereocenters. The minimum Gasteiger partial charge on any atom is -0.248 e. The highest BCUT2D eigenvalue weighted by Gasteiger charge is 2.17. The molecule has 0 aromatic carbocycles. The van der Waals surface area contributed by atoms with Crippen molar-refractivity contribution >= 4 is 11.6 Å². The lowest BCUT2D eigenvalue weighted by atomic mass is 9.94. The van der Waals surface area contributed by atoms with E-state index in [1.54, 1.807) is 6.33 Å².